The fourth-order valence-corrected chi connectivity index (χ4v) is 2.30. The minimum absolute atomic E-state index is 0.206. The molecule has 0 atom stereocenters. The summed E-state index contributed by atoms with van der Waals surface area (Å²) in [6.45, 7) is 1.84. The first kappa shape index (κ1) is 14.0. The molecule has 2 aromatic carbocycles. The quantitative estimate of drug-likeness (QED) is 0.770. The third-order valence-electron chi connectivity index (χ3n) is 3.41. The van der Waals surface area contributed by atoms with E-state index in [0.29, 0.717) is 17.0 Å². The standard InChI is InChI=1S/C17H13FN2O2/c1-10-2-7-13(14(8-10)17(21)22)16-9-15(19-20-16)11-3-5-12(18)6-4-11/h2-9H,1H3,(H,19,20)(H,21,22). The van der Waals surface area contributed by atoms with Crippen molar-refractivity contribution < 1.29 is 14.3 Å². The number of H-pyrrole nitrogens is 1. The number of rotatable bonds is 3. The van der Waals surface area contributed by atoms with Crippen LogP contribution in [-0.2, 0) is 0 Å². The Kier molecular flexibility index (Phi) is 3.47. The molecule has 0 saturated carbocycles. The predicted molar refractivity (Wildman–Crippen MR) is 81.1 cm³/mol. The van der Waals surface area contributed by atoms with Crippen molar-refractivity contribution in [1.82, 2.24) is 10.2 Å². The minimum Gasteiger partial charge on any atom is -0.478 e. The van der Waals surface area contributed by atoms with E-state index in [9.17, 15) is 14.3 Å². The molecule has 1 aromatic heterocycles. The maximum atomic E-state index is 13.0. The number of carboxylic acid groups (broad SMARTS) is 1. The Morgan fingerprint density at radius 2 is 1.86 bits per heavy atom. The highest BCUT2D eigenvalue weighted by Crippen LogP contribution is 2.27. The van der Waals surface area contributed by atoms with Crippen molar-refractivity contribution in [3.05, 3.63) is 65.5 Å². The van der Waals surface area contributed by atoms with Crippen LogP contribution in [0.1, 0.15) is 15.9 Å². The Morgan fingerprint density at radius 1 is 1.14 bits per heavy atom. The van der Waals surface area contributed by atoms with Gasteiger partial charge in [-0.2, -0.15) is 5.10 Å². The predicted octanol–water partition coefficient (Wildman–Crippen LogP) is 3.89. The number of carboxylic acids is 1. The summed E-state index contributed by atoms with van der Waals surface area (Å²) >= 11 is 0. The van der Waals surface area contributed by atoms with Crippen molar-refractivity contribution in [3.63, 3.8) is 0 Å². The van der Waals surface area contributed by atoms with Crippen molar-refractivity contribution >= 4 is 5.97 Å². The van der Waals surface area contributed by atoms with E-state index in [0.717, 1.165) is 11.1 Å². The van der Waals surface area contributed by atoms with Crippen LogP contribution in [0.4, 0.5) is 4.39 Å². The number of hydrogen-bond acceptors (Lipinski definition) is 2. The summed E-state index contributed by atoms with van der Waals surface area (Å²) in [5.74, 6) is -1.31. The molecule has 110 valence electrons. The van der Waals surface area contributed by atoms with Gasteiger partial charge in [0.2, 0.25) is 0 Å². The van der Waals surface area contributed by atoms with Gasteiger partial charge in [-0.25, -0.2) is 9.18 Å². The minimum atomic E-state index is -0.995. The second-order valence-corrected chi connectivity index (χ2v) is 5.03. The lowest BCUT2D eigenvalue weighted by molar-refractivity contribution is 0.0697. The van der Waals surface area contributed by atoms with Gasteiger partial charge in [-0.1, -0.05) is 17.7 Å². The zero-order valence-corrected chi connectivity index (χ0v) is 11.8. The Bertz CT molecular complexity index is 838. The van der Waals surface area contributed by atoms with E-state index in [-0.39, 0.29) is 11.4 Å². The molecular formula is C17H13FN2O2. The van der Waals surface area contributed by atoms with Crippen LogP contribution in [0.25, 0.3) is 22.5 Å². The fraction of sp³-hybridized carbons (Fsp3) is 0.0588. The molecule has 0 unspecified atom stereocenters. The van der Waals surface area contributed by atoms with Crippen LogP contribution >= 0.6 is 0 Å². The molecule has 0 aliphatic heterocycles. The third-order valence-corrected chi connectivity index (χ3v) is 3.41. The number of halogens is 1. The average Bonchev–Trinajstić information content (AvgIpc) is 2.97. The van der Waals surface area contributed by atoms with Crippen LogP contribution in [0.5, 0.6) is 0 Å². The molecule has 0 aliphatic carbocycles. The molecule has 0 bridgehead atoms. The van der Waals surface area contributed by atoms with Crippen LogP contribution in [0, 0.1) is 12.7 Å². The summed E-state index contributed by atoms with van der Waals surface area (Å²) in [5, 5.41) is 16.4. The highest BCUT2D eigenvalue weighted by atomic mass is 19.1. The van der Waals surface area contributed by atoms with E-state index in [1.165, 1.54) is 12.1 Å². The molecule has 22 heavy (non-hydrogen) atoms. The Hall–Kier alpha value is -2.95. The van der Waals surface area contributed by atoms with Crippen LogP contribution in [0.2, 0.25) is 0 Å². The number of nitrogens with zero attached hydrogens (tertiary/aromatic N) is 1. The van der Waals surface area contributed by atoms with E-state index in [1.807, 2.05) is 13.0 Å². The number of aromatic carboxylic acids is 1. The summed E-state index contributed by atoms with van der Waals surface area (Å²) in [7, 11) is 0. The Morgan fingerprint density at radius 3 is 2.55 bits per heavy atom. The SMILES string of the molecule is Cc1ccc(-c2cc(-c3ccc(F)cc3)[nH]n2)c(C(=O)O)c1. The molecule has 0 aliphatic rings. The van der Waals surface area contributed by atoms with Gasteiger partial charge in [0.05, 0.1) is 17.0 Å². The van der Waals surface area contributed by atoms with Crippen LogP contribution in [0.3, 0.4) is 0 Å². The molecule has 1 heterocycles. The second-order valence-electron chi connectivity index (χ2n) is 5.03. The Balaban J connectivity index is 2.04. The molecule has 3 rings (SSSR count). The molecule has 0 amide bonds. The highest BCUT2D eigenvalue weighted by Gasteiger charge is 2.15. The smallest absolute Gasteiger partial charge is 0.336 e. The molecule has 0 radical (unpaired) electrons. The summed E-state index contributed by atoms with van der Waals surface area (Å²) in [6, 6.07) is 13.0. The summed E-state index contributed by atoms with van der Waals surface area (Å²) in [4.78, 5) is 11.4. The lowest BCUT2D eigenvalue weighted by atomic mass is 10.0. The first-order valence-corrected chi connectivity index (χ1v) is 6.70. The van der Waals surface area contributed by atoms with Gasteiger partial charge < -0.3 is 5.11 Å². The van der Waals surface area contributed by atoms with Crippen molar-refractivity contribution in [1.29, 1.82) is 0 Å². The number of nitrogens with one attached hydrogen (secondary N) is 1. The number of aromatic nitrogens is 2. The molecule has 5 heteroatoms. The second kappa shape index (κ2) is 5.44. The van der Waals surface area contributed by atoms with Crippen LogP contribution < -0.4 is 0 Å². The average molecular weight is 296 g/mol. The topological polar surface area (TPSA) is 66.0 Å². The number of aromatic amines is 1. The van der Waals surface area contributed by atoms with E-state index in [2.05, 4.69) is 10.2 Å². The van der Waals surface area contributed by atoms with E-state index in [4.69, 9.17) is 0 Å². The molecule has 0 spiro atoms. The van der Waals surface area contributed by atoms with Gasteiger partial charge in [0, 0.05) is 5.56 Å². The molecule has 0 saturated heterocycles. The normalized spacial score (nSPS) is 10.6. The number of hydrogen-bond donors (Lipinski definition) is 2. The first-order chi connectivity index (χ1) is 10.5. The van der Waals surface area contributed by atoms with Gasteiger partial charge in [-0.05, 0) is 48.9 Å². The van der Waals surface area contributed by atoms with E-state index < -0.39 is 5.97 Å². The molecule has 3 aromatic rings. The number of aryl methyl sites for hydroxylation is 1. The van der Waals surface area contributed by atoms with Crippen molar-refractivity contribution in [2.24, 2.45) is 0 Å². The lowest BCUT2D eigenvalue weighted by Gasteiger charge is -2.04. The van der Waals surface area contributed by atoms with Gasteiger partial charge in [0.1, 0.15) is 5.82 Å². The highest BCUT2D eigenvalue weighted by molar-refractivity contribution is 5.96. The molecule has 4 nitrogen and oxygen atoms in total. The fourth-order valence-electron chi connectivity index (χ4n) is 2.30. The maximum absolute atomic E-state index is 13.0. The lowest BCUT2D eigenvalue weighted by Crippen LogP contribution is -2.00. The summed E-state index contributed by atoms with van der Waals surface area (Å²) in [6.07, 6.45) is 0. The van der Waals surface area contributed by atoms with Crippen molar-refractivity contribution in [3.8, 4) is 22.5 Å². The molecular weight excluding hydrogens is 283 g/mol. The number of benzene rings is 2. The zero-order chi connectivity index (χ0) is 15.7. The van der Waals surface area contributed by atoms with Crippen molar-refractivity contribution in [2.45, 2.75) is 6.92 Å². The third kappa shape index (κ3) is 2.61. The van der Waals surface area contributed by atoms with Gasteiger partial charge >= 0.3 is 5.97 Å². The largest absolute Gasteiger partial charge is 0.478 e. The summed E-state index contributed by atoms with van der Waals surface area (Å²) < 4.78 is 13.0. The zero-order valence-electron chi connectivity index (χ0n) is 11.8. The first-order valence-electron chi connectivity index (χ1n) is 6.70. The Labute approximate surface area is 126 Å². The van der Waals surface area contributed by atoms with Gasteiger partial charge in [0.25, 0.3) is 0 Å². The van der Waals surface area contributed by atoms with Gasteiger partial charge in [-0.3, -0.25) is 5.10 Å². The number of carbonyl (C=O) groups is 1. The van der Waals surface area contributed by atoms with Crippen LogP contribution in [-0.4, -0.2) is 21.3 Å². The molecule has 2 N–H and O–H groups in total. The van der Waals surface area contributed by atoms with Crippen molar-refractivity contribution in [2.75, 3.05) is 0 Å². The molecule has 0 fully saturated rings. The van der Waals surface area contributed by atoms with E-state index in [1.54, 1.807) is 30.3 Å². The maximum Gasteiger partial charge on any atom is 0.336 e. The monoisotopic (exact) mass is 296 g/mol. The van der Waals surface area contributed by atoms with Crippen LogP contribution in [0.15, 0.2) is 48.5 Å². The van der Waals surface area contributed by atoms with Gasteiger partial charge in [-0.15, -0.1) is 0 Å². The van der Waals surface area contributed by atoms with E-state index >= 15 is 0 Å². The van der Waals surface area contributed by atoms with Gasteiger partial charge in [0.15, 0.2) is 0 Å². The summed E-state index contributed by atoms with van der Waals surface area (Å²) in [5.41, 5.74) is 3.64.